The second-order valence-corrected chi connectivity index (χ2v) is 10.5. The third-order valence-corrected chi connectivity index (χ3v) is 8.24. The van der Waals surface area contributed by atoms with Gasteiger partial charge in [0.15, 0.2) is 0 Å². The van der Waals surface area contributed by atoms with E-state index in [0.717, 1.165) is 37.5 Å². The highest BCUT2D eigenvalue weighted by Gasteiger charge is 2.54. The van der Waals surface area contributed by atoms with Crippen molar-refractivity contribution in [1.29, 1.82) is 0 Å². The summed E-state index contributed by atoms with van der Waals surface area (Å²) in [6.07, 6.45) is 5.70. The summed E-state index contributed by atoms with van der Waals surface area (Å²) in [5, 5.41) is 3.79. The molecule has 1 heterocycles. The minimum Gasteiger partial charge on any atom is -0.497 e. The molecule has 0 radical (unpaired) electrons. The number of hydrogen-bond acceptors (Lipinski definition) is 4. The topological polar surface area (TPSA) is 50.8 Å². The van der Waals surface area contributed by atoms with Crippen molar-refractivity contribution in [1.82, 2.24) is 10.2 Å². The van der Waals surface area contributed by atoms with Crippen molar-refractivity contribution in [3.63, 3.8) is 0 Å². The SMILES string of the molecule is CC.CCOC1C2Cc3ccc(OC)cc3C1(CCNC(=O)c1ccc(Cl)cc1)CCN2CC1CC1. The highest BCUT2D eigenvalue weighted by atomic mass is 35.5. The van der Waals surface area contributed by atoms with Crippen LogP contribution in [-0.4, -0.2) is 56.3 Å². The van der Waals surface area contributed by atoms with E-state index in [1.807, 2.05) is 13.8 Å². The number of piperidine rings is 1. The van der Waals surface area contributed by atoms with Gasteiger partial charge in [-0.25, -0.2) is 0 Å². The first-order valence-corrected chi connectivity index (χ1v) is 14.0. The van der Waals surface area contributed by atoms with Gasteiger partial charge in [0.2, 0.25) is 0 Å². The average Bonchev–Trinajstić information content (AvgIpc) is 3.72. The summed E-state index contributed by atoms with van der Waals surface area (Å²) in [5.41, 5.74) is 3.22. The predicted molar refractivity (Wildman–Crippen MR) is 146 cm³/mol. The van der Waals surface area contributed by atoms with Gasteiger partial charge in [0.25, 0.3) is 5.91 Å². The van der Waals surface area contributed by atoms with E-state index in [4.69, 9.17) is 21.1 Å². The van der Waals surface area contributed by atoms with E-state index in [2.05, 4.69) is 35.3 Å². The number of halogens is 1. The quantitative estimate of drug-likeness (QED) is 0.456. The number of carbonyl (C=O) groups excluding carboxylic acids is 1. The maximum absolute atomic E-state index is 12.8. The minimum atomic E-state index is -0.143. The number of hydrogen-bond donors (Lipinski definition) is 1. The van der Waals surface area contributed by atoms with Crippen LogP contribution in [0.2, 0.25) is 5.02 Å². The normalized spacial score (nSPS) is 24.8. The molecule has 2 aliphatic carbocycles. The number of benzene rings is 2. The van der Waals surface area contributed by atoms with Gasteiger partial charge in [-0.2, -0.15) is 0 Å². The van der Waals surface area contributed by atoms with Gasteiger partial charge in [0, 0.05) is 41.7 Å². The van der Waals surface area contributed by atoms with Gasteiger partial charge in [-0.3, -0.25) is 9.69 Å². The highest BCUT2D eigenvalue weighted by Crippen LogP contribution is 2.50. The van der Waals surface area contributed by atoms with Crippen molar-refractivity contribution in [2.24, 2.45) is 5.92 Å². The third kappa shape index (κ3) is 5.58. The van der Waals surface area contributed by atoms with Crippen LogP contribution in [-0.2, 0) is 16.6 Å². The van der Waals surface area contributed by atoms with E-state index >= 15 is 0 Å². The number of nitrogens with zero attached hydrogens (tertiary/aromatic N) is 1. The number of likely N-dealkylation sites (tertiary alicyclic amines) is 1. The molecule has 3 aliphatic rings. The first-order valence-electron chi connectivity index (χ1n) is 13.6. The van der Waals surface area contributed by atoms with Gasteiger partial charge in [-0.1, -0.05) is 31.5 Å². The number of nitrogens with one attached hydrogen (secondary N) is 1. The molecule has 2 aromatic rings. The van der Waals surface area contributed by atoms with Crippen LogP contribution < -0.4 is 10.1 Å². The summed E-state index contributed by atoms with van der Waals surface area (Å²) in [7, 11) is 1.73. The molecule has 5 nitrogen and oxygen atoms in total. The lowest BCUT2D eigenvalue weighted by molar-refractivity contribution is -0.0993. The lowest BCUT2D eigenvalue weighted by atomic mass is 9.60. The summed E-state index contributed by atoms with van der Waals surface area (Å²) < 4.78 is 12.2. The van der Waals surface area contributed by atoms with Gasteiger partial charge in [0.1, 0.15) is 5.75 Å². The molecule has 196 valence electrons. The van der Waals surface area contributed by atoms with Crippen LogP contribution >= 0.6 is 11.6 Å². The fraction of sp³-hybridized carbons (Fsp3) is 0.567. The van der Waals surface area contributed by atoms with Crippen LogP contribution in [0.3, 0.4) is 0 Å². The minimum absolute atomic E-state index is 0.0644. The van der Waals surface area contributed by atoms with Gasteiger partial charge in [0.05, 0.1) is 13.2 Å². The number of methoxy groups -OCH3 is 1. The molecule has 0 spiro atoms. The zero-order valence-electron chi connectivity index (χ0n) is 22.2. The Morgan fingerprint density at radius 1 is 1.17 bits per heavy atom. The fourth-order valence-electron chi connectivity index (χ4n) is 6.10. The smallest absolute Gasteiger partial charge is 0.251 e. The van der Waals surface area contributed by atoms with Crippen LogP contribution in [0, 0.1) is 5.92 Å². The molecular formula is C30H41ClN2O3. The van der Waals surface area contributed by atoms with E-state index in [1.165, 1.54) is 30.5 Å². The highest BCUT2D eigenvalue weighted by molar-refractivity contribution is 6.30. The van der Waals surface area contributed by atoms with Crippen molar-refractivity contribution in [2.75, 3.05) is 33.4 Å². The van der Waals surface area contributed by atoms with Crippen LogP contribution in [0.1, 0.15) is 67.9 Å². The summed E-state index contributed by atoms with van der Waals surface area (Å²) in [6.45, 7) is 9.64. The third-order valence-electron chi connectivity index (χ3n) is 7.99. The van der Waals surface area contributed by atoms with E-state index < -0.39 is 0 Å². The number of ether oxygens (including phenoxy) is 2. The predicted octanol–water partition coefficient (Wildman–Crippen LogP) is 5.88. The Morgan fingerprint density at radius 3 is 2.58 bits per heavy atom. The van der Waals surface area contributed by atoms with Crippen LogP contribution in [0.4, 0.5) is 0 Å². The molecule has 2 aromatic carbocycles. The van der Waals surface area contributed by atoms with Crippen LogP contribution in [0.25, 0.3) is 0 Å². The second-order valence-electron chi connectivity index (χ2n) is 10.0. The van der Waals surface area contributed by atoms with Crippen molar-refractivity contribution in [3.8, 4) is 5.75 Å². The van der Waals surface area contributed by atoms with E-state index in [0.29, 0.717) is 29.8 Å². The Balaban J connectivity index is 0.00000148. The number of rotatable bonds is 9. The summed E-state index contributed by atoms with van der Waals surface area (Å²) >= 11 is 5.98. The molecule has 1 N–H and O–H groups in total. The van der Waals surface area contributed by atoms with E-state index in [-0.39, 0.29) is 17.4 Å². The molecule has 3 unspecified atom stereocenters. The molecule has 1 saturated heterocycles. The lowest BCUT2D eigenvalue weighted by Crippen LogP contribution is -2.64. The Hall–Kier alpha value is -2.08. The molecule has 1 saturated carbocycles. The number of fused-ring (bicyclic) bond motifs is 4. The standard InChI is InChI=1S/C28H35ClN2O3.C2H6/c1-3-34-26-25-16-21-8-11-23(33-2)17-24(21)28(26,13-15-31(25)18-19-4-5-19)12-14-30-27(32)20-6-9-22(29)10-7-20;1-2/h6-11,17,19,25-26H,3-5,12-16,18H2,1-2H3,(H,30,32);1-2H3. The molecular weight excluding hydrogens is 472 g/mol. The lowest BCUT2D eigenvalue weighted by Gasteiger charge is -2.56. The molecule has 36 heavy (non-hydrogen) atoms. The molecule has 5 rings (SSSR count). The summed E-state index contributed by atoms with van der Waals surface area (Å²) in [5.74, 6) is 1.67. The maximum atomic E-state index is 12.8. The molecule has 0 aromatic heterocycles. The van der Waals surface area contributed by atoms with Gasteiger partial charge in [-0.05, 0) is 99.0 Å². The zero-order valence-corrected chi connectivity index (χ0v) is 22.9. The number of carbonyl (C=O) groups is 1. The Kier molecular flexibility index (Phi) is 8.97. The monoisotopic (exact) mass is 512 g/mol. The number of amides is 1. The molecule has 6 heteroatoms. The molecule has 1 aliphatic heterocycles. The van der Waals surface area contributed by atoms with Crippen molar-refractivity contribution >= 4 is 17.5 Å². The first kappa shape index (κ1) is 27.0. The summed E-state index contributed by atoms with van der Waals surface area (Å²) in [4.78, 5) is 15.5. The van der Waals surface area contributed by atoms with Gasteiger partial charge in [-0.15, -0.1) is 0 Å². The van der Waals surface area contributed by atoms with Crippen molar-refractivity contribution in [2.45, 2.75) is 70.4 Å². The van der Waals surface area contributed by atoms with Crippen molar-refractivity contribution < 1.29 is 14.3 Å². The van der Waals surface area contributed by atoms with Gasteiger partial charge >= 0.3 is 0 Å². The fourth-order valence-corrected chi connectivity index (χ4v) is 6.22. The Bertz CT molecular complexity index is 1020. The van der Waals surface area contributed by atoms with Crippen LogP contribution in [0.15, 0.2) is 42.5 Å². The van der Waals surface area contributed by atoms with Gasteiger partial charge < -0.3 is 14.8 Å². The summed E-state index contributed by atoms with van der Waals surface area (Å²) in [6, 6.07) is 14.0. The maximum Gasteiger partial charge on any atom is 0.251 e. The molecule has 2 bridgehead atoms. The Labute approximate surface area is 221 Å². The van der Waals surface area contributed by atoms with E-state index in [1.54, 1.807) is 31.4 Å². The van der Waals surface area contributed by atoms with E-state index in [9.17, 15) is 4.79 Å². The van der Waals surface area contributed by atoms with Crippen molar-refractivity contribution in [3.05, 3.63) is 64.2 Å². The average molecular weight is 513 g/mol. The largest absolute Gasteiger partial charge is 0.497 e. The second kappa shape index (κ2) is 12.0. The zero-order chi connectivity index (χ0) is 25.7. The van der Waals surface area contributed by atoms with Crippen LogP contribution in [0.5, 0.6) is 5.75 Å². The Morgan fingerprint density at radius 2 is 1.92 bits per heavy atom. The first-order chi connectivity index (χ1) is 17.5. The molecule has 2 fully saturated rings. The molecule has 3 atom stereocenters. The molecule has 1 amide bonds.